The zero-order valence-electron chi connectivity index (χ0n) is 29.3. The molecule has 0 saturated heterocycles. The Morgan fingerprint density at radius 2 is 0.898 bits per heavy atom. The Labute approximate surface area is 296 Å². The second-order valence-electron chi connectivity index (χ2n) is 12.5. The first-order chi connectivity index (χ1) is 23.7. The van der Waals surface area contributed by atoms with Crippen LogP contribution in [0.4, 0.5) is 0 Å². The van der Waals surface area contributed by atoms with Crippen molar-refractivity contribution in [1.29, 1.82) is 0 Å². The molecule has 0 aliphatic carbocycles. The van der Waals surface area contributed by atoms with Gasteiger partial charge in [-0.1, -0.05) is 0 Å². The quantitative estimate of drug-likeness (QED) is 0.0569. The molecular weight excluding hydrogens is 735 g/mol. The van der Waals surface area contributed by atoms with Gasteiger partial charge in [-0.15, -0.1) is 0 Å². The van der Waals surface area contributed by atoms with Crippen LogP contribution in [0.2, 0.25) is 8.87 Å². The number of carbonyl (C=O) groups is 4. The summed E-state index contributed by atoms with van der Waals surface area (Å²) in [5, 5.41) is 21.0. The van der Waals surface area contributed by atoms with E-state index in [-0.39, 0.29) is 13.2 Å². The number of rotatable bonds is 26. The fraction of sp³-hybridized carbons (Fsp3) is 0.579. The molecule has 2 aromatic carbocycles. The zero-order valence-corrected chi connectivity index (χ0v) is 32.2. The maximum absolute atomic E-state index is 13.3. The number of hydrogen-bond donors (Lipinski definition) is 2. The number of ether oxygens (including phenoxy) is 2. The van der Waals surface area contributed by atoms with E-state index < -0.39 is 68.1 Å². The van der Waals surface area contributed by atoms with Gasteiger partial charge in [0.05, 0.1) is 0 Å². The minimum atomic E-state index is -4.62. The third-order valence-electron chi connectivity index (χ3n) is 8.13. The van der Waals surface area contributed by atoms with Crippen molar-refractivity contribution in [2.45, 2.75) is 138 Å². The predicted molar refractivity (Wildman–Crippen MR) is 188 cm³/mol. The van der Waals surface area contributed by atoms with E-state index in [4.69, 9.17) is 15.6 Å². The standard InChI is InChI=1S/2C11H12O5.2C8H17.Sn/c2*12-9(6-10(13)14)11(15)16-7-8-4-2-1-3-5-8;2*1-3-5-7-8-6-4-2;/h2*1-5,9,12H,6-7H2,(H,13,14);2*1,3-8H2,2H3;/q;;;;+2/p-2. The van der Waals surface area contributed by atoms with E-state index in [1.54, 1.807) is 48.5 Å². The molecule has 2 aromatic rings. The van der Waals surface area contributed by atoms with Crippen molar-refractivity contribution in [2.24, 2.45) is 0 Å². The van der Waals surface area contributed by atoms with Gasteiger partial charge < -0.3 is 0 Å². The summed E-state index contributed by atoms with van der Waals surface area (Å²) in [4.78, 5) is 51.5. The van der Waals surface area contributed by atoms with Crippen LogP contribution >= 0.6 is 0 Å². The Kier molecular flexibility index (Phi) is 21.6. The van der Waals surface area contributed by atoms with Crippen molar-refractivity contribution in [3.05, 3.63) is 71.8 Å². The summed E-state index contributed by atoms with van der Waals surface area (Å²) in [7, 11) is 0. The Morgan fingerprint density at radius 1 is 0.551 bits per heavy atom. The SMILES string of the molecule is CCCCCCC[CH2][Sn]([CH2]CCCCCCC)([O]C(=O)CC(O)C(=O)OCc1ccccc1)[O]C(=O)CC(O)C(=O)OCc1ccccc1. The molecule has 0 aliphatic heterocycles. The van der Waals surface area contributed by atoms with Crippen molar-refractivity contribution in [3.8, 4) is 0 Å². The maximum atomic E-state index is 13.3. The second-order valence-corrected chi connectivity index (χ2v) is 21.7. The van der Waals surface area contributed by atoms with Gasteiger partial charge in [0.2, 0.25) is 0 Å². The first-order valence-electron chi connectivity index (χ1n) is 17.9. The number of aliphatic hydroxyl groups excluding tert-OH is 2. The fourth-order valence-corrected chi connectivity index (χ4v) is 14.7. The van der Waals surface area contributed by atoms with E-state index >= 15 is 0 Å². The summed E-state index contributed by atoms with van der Waals surface area (Å²) in [5.74, 6) is -3.59. The molecule has 0 fully saturated rings. The molecule has 0 saturated carbocycles. The van der Waals surface area contributed by atoms with E-state index in [9.17, 15) is 29.4 Å². The van der Waals surface area contributed by atoms with Crippen LogP contribution in [0.1, 0.15) is 115 Å². The van der Waals surface area contributed by atoms with Crippen LogP contribution in [-0.4, -0.2) is 65.5 Å². The number of unbranched alkanes of at least 4 members (excludes halogenated alkanes) is 10. The fourth-order valence-electron chi connectivity index (χ4n) is 5.33. The molecular formula is C38H56O10Sn. The third-order valence-corrected chi connectivity index (χ3v) is 17.9. The molecule has 2 unspecified atom stereocenters. The van der Waals surface area contributed by atoms with Crippen molar-refractivity contribution in [3.63, 3.8) is 0 Å². The molecule has 0 bridgehead atoms. The van der Waals surface area contributed by atoms with Crippen LogP contribution in [0.15, 0.2) is 60.7 Å². The number of esters is 2. The van der Waals surface area contributed by atoms with E-state index in [1.165, 1.54) is 0 Å². The molecule has 0 amide bonds. The Morgan fingerprint density at radius 3 is 1.27 bits per heavy atom. The second kappa shape index (κ2) is 25.1. The minimum absolute atomic E-state index is 0.0568. The van der Waals surface area contributed by atoms with Crippen molar-refractivity contribution in [1.82, 2.24) is 0 Å². The van der Waals surface area contributed by atoms with Crippen LogP contribution in [0.3, 0.4) is 0 Å². The average molecular weight is 792 g/mol. The van der Waals surface area contributed by atoms with Gasteiger partial charge in [0, 0.05) is 0 Å². The number of benzene rings is 2. The molecule has 2 N–H and O–H groups in total. The summed E-state index contributed by atoms with van der Waals surface area (Å²) in [5.41, 5.74) is 1.47. The molecule has 2 atom stereocenters. The number of hydrogen-bond acceptors (Lipinski definition) is 10. The van der Waals surface area contributed by atoms with Crippen LogP contribution in [0.25, 0.3) is 0 Å². The predicted octanol–water partition coefficient (Wildman–Crippen LogP) is 7.22. The third kappa shape index (κ3) is 18.6. The number of carbonyl (C=O) groups excluding carboxylic acids is 4. The molecule has 0 aromatic heterocycles. The van der Waals surface area contributed by atoms with Crippen molar-refractivity contribution < 1.29 is 45.0 Å². The van der Waals surface area contributed by atoms with Gasteiger partial charge in [0.15, 0.2) is 0 Å². The van der Waals surface area contributed by atoms with Crippen LogP contribution < -0.4 is 0 Å². The van der Waals surface area contributed by atoms with Gasteiger partial charge in [0.25, 0.3) is 0 Å². The zero-order chi connectivity index (χ0) is 35.7. The molecule has 272 valence electrons. The molecule has 49 heavy (non-hydrogen) atoms. The van der Waals surface area contributed by atoms with Gasteiger partial charge >= 0.3 is 298 Å². The summed E-state index contributed by atoms with van der Waals surface area (Å²) >= 11 is -4.62. The first-order valence-corrected chi connectivity index (χ1v) is 24.3. The van der Waals surface area contributed by atoms with E-state index in [1.807, 2.05) is 12.1 Å². The van der Waals surface area contributed by atoms with Gasteiger partial charge in [0.1, 0.15) is 0 Å². The van der Waals surface area contributed by atoms with Gasteiger partial charge in [-0.05, 0) is 0 Å². The first kappa shape index (κ1) is 42.2. The summed E-state index contributed by atoms with van der Waals surface area (Å²) < 4.78 is 23.3. The Balaban J connectivity index is 2.13. The van der Waals surface area contributed by atoms with E-state index in [2.05, 4.69) is 13.8 Å². The average Bonchev–Trinajstić information content (AvgIpc) is 3.09. The molecule has 0 aliphatic rings. The van der Waals surface area contributed by atoms with Crippen molar-refractivity contribution in [2.75, 3.05) is 0 Å². The monoisotopic (exact) mass is 792 g/mol. The Hall–Kier alpha value is -2.96. The molecule has 10 nitrogen and oxygen atoms in total. The Bertz CT molecular complexity index is 1130. The summed E-state index contributed by atoms with van der Waals surface area (Å²) in [6.45, 7) is 4.16. The van der Waals surface area contributed by atoms with Crippen LogP contribution in [-0.2, 0) is 48.0 Å². The van der Waals surface area contributed by atoms with E-state index in [0.717, 1.165) is 75.3 Å². The number of aliphatic hydroxyl groups is 2. The van der Waals surface area contributed by atoms with Gasteiger partial charge in [-0.2, -0.15) is 0 Å². The molecule has 2 rings (SSSR count). The van der Waals surface area contributed by atoms with Crippen LogP contribution in [0, 0.1) is 0 Å². The molecule has 0 heterocycles. The molecule has 11 heteroatoms. The molecule has 0 spiro atoms. The summed E-state index contributed by atoms with van der Waals surface area (Å²) in [6.07, 6.45) is 6.87. The summed E-state index contributed by atoms with van der Waals surface area (Å²) in [6, 6.07) is 17.9. The van der Waals surface area contributed by atoms with Gasteiger partial charge in [-0.3, -0.25) is 0 Å². The molecule has 0 radical (unpaired) electrons. The van der Waals surface area contributed by atoms with Gasteiger partial charge in [-0.25, -0.2) is 0 Å². The topological polar surface area (TPSA) is 146 Å². The van der Waals surface area contributed by atoms with Crippen molar-refractivity contribution >= 4 is 43.1 Å². The normalized spacial score (nSPS) is 12.5. The van der Waals surface area contributed by atoms with E-state index in [0.29, 0.717) is 21.7 Å². The van der Waals surface area contributed by atoms with Crippen LogP contribution in [0.5, 0.6) is 0 Å².